The van der Waals surface area contributed by atoms with Crippen LogP contribution in [0.3, 0.4) is 0 Å². The van der Waals surface area contributed by atoms with Crippen molar-refractivity contribution in [3.05, 3.63) is 0 Å². The molecule has 2 aliphatic rings. The summed E-state index contributed by atoms with van der Waals surface area (Å²) in [7, 11) is -3.40. The maximum absolute atomic E-state index is 12.7. The minimum atomic E-state index is -3.40. The molecule has 0 aliphatic carbocycles. The van der Waals surface area contributed by atoms with E-state index in [1.165, 1.54) is 0 Å². The van der Waals surface area contributed by atoms with Gasteiger partial charge in [0.2, 0.25) is 0 Å². The predicted molar refractivity (Wildman–Crippen MR) is 73.9 cm³/mol. The van der Waals surface area contributed by atoms with E-state index in [1.807, 2.05) is 6.92 Å². The summed E-state index contributed by atoms with van der Waals surface area (Å²) < 4.78 is 34.2. The second-order valence-corrected chi connectivity index (χ2v) is 7.28. The van der Waals surface area contributed by atoms with Crippen LogP contribution >= 0.6 is 0 Å². The molecule has 112 valence electrons. The number of piperidine rings is 1. The molecule has 2 fully saturated rings. The van der Waals surface area contributed by atoms with Crippen LogP contribution in [0, 0.1) is 0 Å². The molecule has 2 unspecified atom stereocenters. The Kier molecular flexibility index (Phi) is 5.19. The molecule has 0 aromatic rings. The molecule has 19 heavy (non-hydrogen) atoms. The molecule has 2 rings (SSSR count). The number of nitrogens with two attached hydrogens (primary N) is 1. The standard InChI is InChI=1S/C12H25N3O3S/c1-11-10-14(6-4-8-18-11)19(16,17)15-7-3-2-5-12(15)9-13/h11-12H,2-10,13H2,1H3. The molecule has 0 aromatic heterocycles. The smallest absolute Gasteiger partial charge is 0.282 e. The molecule has 0 spiro atoms. The quantitative estimate of drug-likeness (QED) is 0.803. The number of nitrogens with zero attached hydrogens (tertiary/aromatic N) is 2. The highest BCUT2D eigenvalue weighted by molar-refractivity contribution is 7.86. The van der Waals surface area contributed by atoms with E-state index in [9.17, 15) is 8.42 Å². The molecule has 2 heterocycles. The van der Waals surface area contributed by atoms with Crippen LogP contribution in [-0.4, -0.2) is 62.0 Å². The van der Waals surface area contributed by atoms with E-state index in [1.54, 1.807) is 8.61 Å². The van der Waals surface area contributed by atoms with E-state index >= 15 is 0 Å². The summed E-state index contributed by atoms with van der Waals surface area (Å²) in [6.07, 6.45) is 3.57. The summed E-state index contributed by atoms with van der Waals surface area (Å²) in [5.74, 6) is 0. The fourth-order valence-electron chi connectivity index (χ4n) is 2.83. The largest absolute Gasteiger partial charge is 0.377 e. The maximum atomic E-state index is 12.7. The lowest BCUT2D eigenvalue weighted by Crippen LogP contribution is -2.53. The van der Waals surface area contributed by atoms with E-state index in [-0.39, 0.29) is 12.1 Å². The average molecular weight is 291 g/mol. The Morgan fingerprint density at radius 3 is 2.79 bits per heavy atom. The molecule has 2 atom stereocenters. The second kappa shape index (κ2) is 6.49. The lowest BCUT2D eigenvalue weighted by atomic mass is 10.1. The van der Waals surface area contributed by atoms with Gasteiger partial charge in [0, 0.05) is 38.8 Å². The Hall–Kier alpha value is -0.210. The van der Waals surface area contributed by atoms with Gasteiger partial charge in [-0.15, -0.1) is 0 Å². The van der Waals surface area contributed by atoms with E-state index in [2.05, 4.69) is 0 Å². The predicted octanol–water partition coefficient (Wildman–Crippen LogP) is 0.155. The van der Waals surface area contributed by atoms with Gasteiger partial charge < -0.3 is 10.5 Å². The van der Waals surface area contributed by atoms with E-state index < -0.39 is 10.2 Å². The fraction of sp³-hybridized carbons (Fsp3) is 1.00. The first-order chi connectivity index (χ1) is 9.05. The monoisotopic (exact) mass is 291 g/mol. The molecule has 6 nitrogen and oxygen atoms in total. The normalized spacial score (nSPS) is 32.1. The minimum Gasteiger partial charge on any atom is -0.377 e. The molecular formula is C12H25N3O3S. The molecule has 0 saturated carbocycles. The summed E-state index contributed by atoms with van der Waals surface area (Å²) in [5, 5.41) is 0. The highest BCUT2D eigenvalue weighted by Crippen LogP contribution is 2.23. The molecule has 2 saturated heterocycles. The van der Waals surface area contributed by atoms with Gasteiger partial charge in [-0.05, 0) is 26.2 Å². The van der Waals surface area contributed by atoms with Gasteiger partial charge in [0.15, 0.2) is 0 Å². The van der Waals surface area contributed by atoms with Crippen LogP contribution in [-0.2, 0) is 14.9 Å². The third-order valence-electron chi connectivity index (χ3n) is 3.88. The SMILES string of the molecule is CC1CN(S(=O)(=O)N2CCCCC2CN)CCCO1. The van der Waals surface area contributed by atoms with Gasteiger partial charge in [0.1, 0.15) is 0 Å². The summed E-state index contributed by atoms with van der Waals surface area (Å²) in [4.78, 5) is 0. The molecule has 0 amide bonds. The lowest BCUT2D eigenvalue weighted by molar-refractivity contribution is 0.0743. The second-order valence-electron chi connectivity index (χ2n) is 5.40. The molecule has 0 aromatic carbocycles. The zero-order chi connectivity index (χ0) is 13.9. The maximum Gasteiger partial charge on any atom is 0.282 e. The summed E-state index contributed by atoms with van der Waals surface area (Å²) in [5.41, 5.74) is 5.73. The molecule has 7 heteroatoms. The Labute approximate surface area is 116 Å². The topological polar surface area (TPSA) is 75.9 Å². The third kappa shape index (κ3) is 3.46. The van der Waals surface area contributed by atoms with Gasteiger partial charge in [0.25, 0.3) is 10.2 Å². The van der Waals surface area contributed by atoms with Crippen molar-refractivity contribution in [2.24, 2.45) is 5.73 Å². The van der Waals surface area contributed by atoms with Crippen molar-refractivity contribution < 1.29 is 13.2 Å². The zero-order valence-corrected chi connectivity index (χ0v) is 12.4. The Morgan fingerprint density at radius 1 is 1.26 bits per heavy atom. The number of rotatable bonds is 3. The van der Waals surface area contributed by atoms with Crippen LogP contribution in [0.25, 0.3) is 0 Å². The number of hydrogen-bond donors (Lipinski definition) is 1. The lowest BCUT2D eigenvalue weighted by Gasteiger charge is -2.37. The van der Waals surface area contributed by atoms with Crippen LogP contribution in [0.1, 0.15) is 32.6 Å². The zero-order valence-electron chi connectivity index (χ0n) is 11.6. The van der Waals surface area contributed by atoms with Crippen LogP contribution in [0.2, 0.25) is 0 Å². The molecule has 0 radical (unpaired) electrons. The Balaban J connectivity index is 2.15. The van der Waals surface area contributed by atoms with Gasteiger partial charge in [0.05, 0.1) is 6.10 Å². The summed E-state index contributed by atoms with van der Waals surface area (Å²) >= 11 is 0. The third-order valence-corrected chi connectivity index (χ3v) is 5.94. The highest BCUT2D eigenvalue weighted by Gasteiger charge is 2.36. The Morgan fingerprint density at radius 2 is 2.05 bits per heavy atom. The first kappa shape index (κ1) is 15.2. The van der Waals surface area contributed by atoms with Gasteiger partial charge in [-0.25, -0.2) is 0 Å². The van der Waals surface area contributed by atoms with E-state index in [0.29, 0.717) is 32.8 Å². The van der Waals surface area contributed by atoms with Crippen molar-refractivity contribution in [3.63, 3.8) is 0 Å². The van der Waals surface area contributed by atoms with Crippen molar-refractivity contribution >= 4 is 10.2 Å². The fourth-order valence-corrected chi connectivity index (χ4v) is 4.81. The van der Waals surface area contributed by atoms with Gasteiger partial charge in [-0.3, -0.25) is 0 Å². The van der Waals surface area contributed by atoms with E-state index in [4.69, 9.17) is 10.5 Å². The van der Waals surface area contributed by atoms with Crippen LogP contribution in [0.5, 0.6) is 0 Å². The van der Waals surface area contributed by atoms with Crippen molar-refractivity contribution in [3.8, 4) is 0 Å². The molecule has 0 bridgehead atoms. The van der Waals surface area contributed by atoms with Crippen molar-refractivity contribution in [1.82, 2.24) is 8.61 Å². The van der Waals surface area contributed by atoms with Gasteiger partial charge in [-0.1, -0.05) is 6.42 Å². The summed E-state index contributed by atoms with van der Waals surface area (Å²) in [6, 6.07) is -0.0433. The van der Waals surface area contributed by atoms with Gasteiger partial charge in [-0.2, -0.15) is 17.0 Å². The first-order valence-corrected chi connectivity index (χ1v) is 8.54. The van der Waals surface area contributed by atoms with Crippen molar-refractivity contribution in [2.75, 3.05) is 32.8 Å². The summed E-state index contributed by atoms with van der Waals surface area (Å²) in [6.45, 7) is 4.53. The highest BCUT2D eigenvalue weighted by atomic mass is 32.2. The van der Waals surface area contributed by atoms with E-state index in [0.717, 1.165) is 25.7 Å². The van der Waals surface area contributed by atoms with Crippen molar-refractivity contribution in [2.45, 2.75) is 44.8 Å². The van der Waals surface area contributed by atoms with Crippen LogP contribution in [0.4, 0.5) is 0 Å². The molecular weight excluding hydrogens is 266 g/mol. The average Bonchev–Trinajstić information content (AvgIpc) is 2.64. The molecule has 2 N–H and O–H groups in total. The van der Waals surface area contributed by atoms with Crippen LogP contribution < -0.4 is 5.73 Å². The first-order valence-electron chi connectivity index (χ1n) is 7.14. The minimum absolute atomic E-state index is 0.0432. The van der Waals surface area contributed by atoms with Crippen molar-refractivity contribution in [1.29, 1.82) is 0 Å². The van der Waals surface area contributed by atoms with Gasteiger partial charge >= 0.3 is 0 Å². The van der Waals surface area contributed by atoms with Crippen LogP contribution in [0.15, 0.2) is 0 Å². The Bertz CT molecular complexity index is 388. The number of ether oxygens (including phenoxy) is 1. The number of hydrogen-bond acceptors (Lipinski definition) is 4. The molecule has 2 aliphatic heterocycles.